The van der Waals surface area contributed by atoms with Gasteiger partial charge in [-0.3, -0.25) is 18.9 Å². The van der Waals surface area contributed by atoms with Gasteiger partial charge in [-0.05, 0) is 73.1 Å². The lowest BCUT2D eigenvalue weighted by Crippen LogP contribution is -2.35. The van der Waals surface area contributed by atoms with E-state index in [9.17, 15) is 14.7 Å². The van der Waals surface area contributed by atoms with Gasteiger partial charge in [0.05, 0.1) is 11.8 Å². The molecule has 0 saturated heterocycles. The predicted molar refractivity (Wildman–Crippen MR) is 172 cm³/mol. The van der Waals surface area contributed by atoms with Gasteiger partial charge in [0.25, 0.3) is 5.56 Å². The molecular weight excluding hydrogens is 584 g/mol. The Kier molecular flexibility index (Phi) is 7.96. The number of phenols is 1. The highest BCUT2D eigenvalue weighted by Gasteiger charge is 2.28. The van der Waals surface area contributed by atoms with E-state index < -0.39 is 5.76 Å². The topological polar surface area (TPSA) is 141 Å². The standard InChI is InChI=1S/C35H34N6O5/c1-2-5-31-30(20-22-8-10-23(11-9-22)28-6-3-4-7-29(28)32-38-35(44)46-39-32)33(43)40(34-36-21-37-41(31)34)24-12-16-26(17-13-24)45-27-18-14-25(42)15-19-27/h3-4,6-11,14-15,18-19,21,24,26,42H,2,5,12-13,16-17,20H2,1H3,(H,38,39,44)/t24-,26+. The molecule has 0 amide bonds. The first-order valence-corrected chi connectivity index (χ1v) is 15.6. The number of aromatic amines is 1. The van der Waals surface area contributed by atoms with Crippen LogP contribution in [0.15, 0.2) is 93.2 Å². The molecule has 3 aromatic heterocycles. The monoisotopic (exact) mass is 618 g/mol. The van der Waals surface area contributed by atoms with Crippen LogP contribution < -0.4 is 16.1 Å². The van der Waals surface area contributed by atoms with E-state index in [4.69, 9.17) is 9.26 Å². The number of phenolic OH excluding ortho intramolecular Hbond substituents is 1. The fraction of sp³-hybridized carbons (Fsp3) is 0.286. The lowest BCUT2D eigenvalue weighted by Gasteiger charge is -2.31. The van der Waals surface area contributed by atoms with Crippen LogP contribution >= 0.6 is 0 Å². The molecule has 0 unspecified atom stereocenters. The molecule has 0 aliphatic heterocycles. The fourth-order valence-electron chi connectivity index (χ4n) is 6.51. The van der Waals surface area contributed by atoms with Gasteiger partial charge in [-0.1, -0.05) is 67.0 Å². The zero-order valence-corrected chi connectivity index (χ0v) is 25.4. The van der Waals surface area contributed by atoms with Crippen molar-refractivity contribution in [3.05, 3.63) is 117 Å². The number of rotatable bonds is 9. The van der Waals surface area contributed by atoms with Crippen molar-refractivity contribution in [1.82, 2.24) is 29.3 Å². The van der Waals surface area contributed by atoms with Crippen LogP contribution in [0.3, 0.4) is 0 Å². The van der Waals surface area contributed by atoms with Gasteiger partial charge in [-0.15, -0.1) is 0 Å². The summed E-state index contributed by atoms with van der Waals surface area (Å²) in [6.45, 7) is 2.10. The molecule has 3 heterocycles. The Bertz CT molecular complexity index is 2080. The van der Waals surface area contributed by atoms with E-state index >= 15 is 0 Å². The van der Waals surface area contributed by atoms with Crippen molar-refractivity contribution in [2.24, 2.45) is 0 Å². The van der Waals surface area contributed by atoms with Gasteiger partial charge in [0, 0.05) is 23.6 Å². The number of nitrogens with zero attached hydrogens (tertiary/aromatic N) is 5. The molecule has 11 nitrogen and oxygen atoms in total. The molecule has 3 aromatic carbocycles. The second-order valence-electron chi connectivity index (χ2n) is 11.7. The number of hydrogen-bond acceptors (Lipinski definition) is 8. The normalized spacial score (nSPS) is 16.5. The van der Waals surface area contributed by atoms with Crippen LogP contribution in [0, 0.1) is 0 Å². The highest BCUT2D eigenvalue weighted by molar-refractivity contribution is 5.80. The van der Waals surface area contributed by atoms with Gasteiger partial charge in [0.1, 0.15) is 17.8 Å². The Morgan fingerprint density at radius 2 is 1.70 bits per heavy atom. The number of benzene rings is 3. The summed E-state index contributed by atoms with van der Waals surface area (Å²) < 4.78 is 14.6. The van der Waals surface area contributed by atoms with Crippen LogP contribution in [0.4, 0.5) is 0 Å². The van der Waals surface area contributed by atoms with Crippen LogP contribution in [0.2, 0.25) is 0 Å². The lowest BCUT2D eigenvalue weighted by molar-refractivity contribution is 0.132. The van der Waals surface area contributed by atoms with Gasteiger partial charge in [-0.2, -0.15) is 10.1 Å². The number of ether oxygens (including phenoxy) is 1. The molecule has 1 fully saturated rings. The smallest absolute Gasteiger partial charge is 0.439 e. The van der Waals surface area contributed by atoms with Gasteiger partial charge in [0.15, 0.2) is 5.82 Å². The van der Waals surface area contributed by atoms with Crippen molar-refractivity contribution in [3.8, 4) is 34.0 Å². The van der Waals surface area contributed by atoms with Gasteiger partial charge in [0.2, 0.25) is 5.78 Å². The predicted octanol–water partition coefficient (Wildman–Crippen LogP) is 5.71. The van der Waals surface area contributed by atoms with E-state index in [2.05, 4.69) is 27.1 Å². The number of nitrogens with one attached hydrogen (secondary N) is 1. The highest BCUT2D eigenvalue weighted by Crippen LogP contribution is 2.33. The van der Waals surface area contributed by atoms with Gasteiger partial charge in [-0.25, -0.2) is 9.31 Å². The molecule has 1 saturated carbocycles. The van der Waals surface area contributed by atoms with Crippen LogP contribution in [-0.2, 0) is 12.8 Å². The third-order valence-corrected chi connectivity index (χ3v) is 8.73. The molecule has 0 radical (unpaired) electrons. The van der Waals surface area contributed by atoms with E-state index in [-0.39, 0.29) is 23.5 Å². The first kappa shape index (κ1) is 29.3. The summed E-state index contributed by atoms with van der Waals surface area (Å²) in [7, 11) is 0. The average molecular weight is 619 g/mol. The number of hydrogen-bond donors (Lipinski definition) is 2. The Morgan fingerprint density at radius 3 is 2.39 bits per heavy atom. The summed E-state index contributed by atoms with van der Waals surface area (Å²) in [6.07, 6.45) is 6.77. The Labute approximate surface area is 264 Å². The molecule has 0 bridgehead atoms. The largest absolute Gasteiger partial charge is 0.508 e. The van der Waals surface area contributed by atoms with Gasteiger partial charge < -0.3 is 9.84 Å². The zero-order valence-electron chi connectivity index (χ0n) is 25.4. The molecule has 1 aliphatic carbocycles. The van der Waals surface area contributed by atoms with Crippen molar-refractivity contribution >= 4 is 5.78 Å². The van der Waals surface area contributed by atoms with Crippen molar-refractivity contribution in [1.29, 1.82) is 0 Å². The third-order valence-electron chi connectivity index (χ3n) is 8.73. The second kappa shape index (κ2) is 12.5. The molecule has 0 atom stereocenters. The van der Waals surface area contributed by atoms with Gasteiger partial charge >= 0.3 is 5.76 Å². The van der Waals surface area contributed by atoms with E-state index in [1.165, 1.54) is 6.33 Å². The summed E-state index contributed by atoms with van der Waals surface area (Å²) in [5, 5.41) is 18.0. The molecule has 6 aromatic rings. The lowest BCUT2D eigenvalue weighted by atomic mass is 9.92. The van der Waals surface area contributed by atoms with Crippen molar-refractivity contribution in [2.45, 2.75) is 64.0 Å². The Balaban J connectivity index is 1.17. The van der Waals surface area contributed by atoms with Crippen molar-refractivity contribution in [3.63, 3.8) is 0 Å². The summed E-state index contributed by atoms with van der Waals surface area (Å²) in [5.41, 5.74) is 5.22. The van der Waals surface area contributed by atoms with E-state index in [1.54, 1.807) is 24.3 Å². The summed E-state index contributed by atoms with van der Waals surface area (Å²) >= 11 is 0. The molecule has 1 aliphatic rings. The number of fused-ring (bicyclic) bond motifs is 1. The maximum absolute atomic E-state index is 14.4. The first-order chi connectivity index (χ1) is 22.5. The van der Waals surface area contributed by atoms with Crippen LogP contribution in [0.5, 0.6) is 11.5 Å². The fourth-order valence-corrected chi connectivity index (χ4v) is 6.51. The summed E-state index contributed by atoms with van der Waals surface area (Å²) in [5.74, 6) is 1.29. The molecule has 11 heteroatoms. The van der Waals surface area contributed by atoms with Crippen LogP contribution in [-0.4, -0.2) is 40.5 Å². The van der Waals surface area contributed by atoms with Crippen molar-refractivity contribution < 1.29 is 14.4 Å². The number of aryl methyl sites for hydroxylation is 1. The van der Waals surface area contributed by atoms with Crippen molar-refractivity contribution in [2.75, 3.05) is 0 Å². The molecule has 234 valence electrons. The van der Waals surface area contributed by atoms with E-state index in [1.807, 2.05) is 57.6 Å². The minimum absolute atomic E-state index is 0.0174. The maximum atomic E-state index is 14.4. The Morgan fingerprint density at radius 1 is 0.957 bits per heavy atom. The first-order valence-electron chi connectivity index (χ1n) is 15.6. The summed E-state index contributed by atoms with van der Waals surface area (Å²) in [6, 6.07) is 22.6. The maximum Gasteiger partial charge on any atom is 0.439 e. The molecule has 0 spiro atoms. The third kappa shape index (κ3) is 5.71. The number of aromatic nitrogens is 6. The van der Waals surface area contributed by atoms with E-state index in [0.29, 0.717) is 24.4 Å². The minimum atomic E-state index is -0.603. The molecule has 2 N–H and O–H groups in total. The van der Waals surface area contributed by atoms with Crippen LogP contribution in [0.1, 0.15) is 61.9 Å². The zero-order chi connectivity index (χ0) is 31.6. The van der Waals surface area contributed by atoms with Crippen LogP contribution in [0.25, 0.3) is 28.3 Å². The summed E-state index contributed by atoms with van der Waals surface area (Å²) in [4.78, 5) is 33.1. The number of aromatic hydroxyl groups is 1. The average Bonchev–Trinajstić information content (AvgIpc) is 3.74. The number of H-pyrrole nitrogens is 1. The second-order valence-corrected chi connectivity index (χ2v) is 11.7. The SMILES string of the molecule is CCCc1c(Cc2ccc(-c3ccccc3-c3noc(=O)[nH]3)cc2)c(=O)n([C@H]2CC[C@@H](Oc3ccc(O)cc3)CC2)c2ncnn12. The Hall–Kier alpha value is -5.45. The van der Waals surface area contributed by atoms with E-state index in [0.717, 1.165) is 71.4 Å². The molecular formula is C35H34N6O5. The minimum Gasteiger partial charge on any atom is -0.508 e. The quantitative estimate of drug-likeness (QED) is 0.210. The molecule has 7 rings (SSSR count). The highest BCUT2D eigenvalue weighted by atomic mass is 16.5. The molecule has 46 heavy (non-hydrogen) atoms.